The topological polar surface area (TPSA) is 88.7 Å². The molecule has 2 amide bonds. The Morgan fingerprint density at radius 2 is 2.06 bits per heavy atom. The average molecular weight is 242 g/mol. The molecule has 0 aliphatic rings. The number of anilines is 1. The number of hydrogen-bond donors (Lipinski definition) is 2. The minimum atomic E-state index is -0.538. The van der Waals surface area contributed by atoms with Crippen LogP contribution >= 0.6 is 0 Å². The molecule has 0 bridgehead atoms. The molecule has 0 saturated carbocycles. The summed E-state index contributed by atoms with van der Waals surface area (Å²) >= 11 is 0. The smallest absolute Gasteiger partial charge is 0.320 e. The predicted molar refractivity (Wildman–Crippen MR) is 67.6 cm³/mol. The maximum Gasteiger partial charge on any atom is 0.320 e. The van der Waals surface area contributed by atoms with Crippen molar-refractivity contribution in [2.24, 2.45) is 5.92 Å². The van der Waals surface area contributed by atoms with E-state index in [-0.39, 0.29) is 5.92 Å². The van der Waals surface area contributed by atoms with E-state index in [4.69, 9.17) is 10.5 Å². The maximum atomic E-state index is 11.6. The Labute approximate surface area is 106 Å². The molecular weight excluding hydrogens is 228 g/mol. The fourth-order valence-corrected chi connectivity index (χ4v) is 1.32. The van der Waals surface area contributed by atoms with E-state index in [2.05, 4.69) is 10.6 Å². The molecule has 0 aromatic heterocycles. The molecular formula is C13H14N4O. The van der Waals surface area contributed by atoms with Gasteiger partial charge in [0.15, 0.2) is 0 Å². The van der Waals surface area contributed by atoms with Gasteiger partial charge in [-0.3, -0.25) is 0 Å². The van der Waals surface area contributed by atoms with Crippen LogP contribution in [0.3, 0.4) is 0 Å². The second-order valence-corrected chi connectivity index (χ2v) is 4.14. The number of amides is 2. The zero-order chi connectivity index (χ0) is 13.5. The van der Waals surface area contributed by atoms with Gasteiger partial charge in [-0.2, -0.15) is 10.5 Å². The number of benzene rings is 1. The summed E-state index contributed by atoms with van der Waals surface area (Å²) in [4.78, 5) is 11.6. The minimum Gasteiger partial charge on any atom is -0.322 e. The van der Waals surface area contributed by atoms with Crippen LogP contribution in [-0.2, 0) is 0 Å². The van der Waals surface area contributed by atoms with Crippen molar-refractivity contribution in [2.45, 2.75) is 19.9 Å². The van der Waals surface area contributed by atoms with Crippen LogP contribution in [-0.4, -0.2) is 12.1 Å². The van der Waals surface area contributed by atoms with E-state index in [0.29, 0.717) is 11.3 Å². The Balaban J connectivity index is 2.65. The third kappa shape index (κ3) is 3.80. The van der Waals surface area contributed by atoms with Gasteiger partial charge in [-0.15, -0.1) is 0 Å². The van der Waals surface area contributed by atoms with Gasteiger partial charge < -0.3 is 10.6 Å². The van der Waals surface area contributed by atoms with Crippen molar-refractivity contribution in [1.29, 1.82) is 10.5 Å². The van der Waals surface area contributed by atoms with Crippen molar-refractivity contribution in [1.82, 2.24) is 5.32 Å². The summed E-state index contributed by atoms with van der Waals surface area (Å²) in [6.07, 6.45) is 0. The van der Waals surface area contributed by atoms with Crippen LogP contribution in [0.15, 0.2) is 24.3 Å². The van der Waals surface area contributed by atoms with Gasteiger partial charge in [-0.25, -0.2) is 4.79 Å². The summed E-state index contributed by atoms with van der Waals surface area (Å²) in [7, 11) is 0. The van der Waals surface area contributed by atoms with Crippen molar-refractivity contribution < 1.29 is 4.79 Å². The van der Waals surface area contributed by atoms with Gasteiger partial charge in [-0.05, 0) is 24.1 Å². The van der Waals surface area contributed by atoms with Gasteiger partial charge in [0.25, 0.3) is 0 Å². The Hall–Kier alpha value is -2.53. The second kappa shape index (κ2) is 6.27. The Bertz CT molecular complexity index is 510. The zero-order valence-electron chi connectivity index (χ0n) is 10.3. The Morgan fingerprint density at radius 1 is 1.33 bits per heavy atom. The number of nitriles is 2. The molecule has 2 N–H and O–H groups in total. The standard InChI is InChI=1S/C13H14N4O/c1-9(2)12(8-15)17-13(18)16-11-5-3-4-10(6-11)7-14/h3-6,9,12H,1-2H3,(H2,16,17,18). The van der Waals surface area contributed by atoms with Gasteiger partial charge in [0.1, 0.15) is 6.04 Å². The molecule has 0 fully saturated rings. The molecule has 1 atom stereocenters. The molecule has 5 heteroatoms. The van der Waals surface area contributed by atoms with Crippen LogP contribution in [0, 0.1) is 28.6 Å². The van der Waals surface area contributed by atoms with Crippen LogP contribution in [0.2, 0.25) is 0 Å². The van der Waals surface area contributed by atoms with Crippen molar-refractivity contribution >= 4 is 11.7 Å². The molecule has 1 unspecified atom stereocenters. The first-order valence-electron chi connectivity index (χ1n) is 5.54. The summed E-state index contributed by atoms with van der Waals surface area (Å²) < 4.78 is 0. The molecule has 0 saturated heterocycles. The van der Waals surface area contributed by atoms with Crippen LogP contribution in [0.25, 0.3) is 0 Å². The first kappa shape index (κ1) is 13.5. The molecule has 0 aliphatic carbocycles. The molecule has 0 radical (unpaired) electrons. The molecule has 5 nitrogen and oxygen atoms in total. The molecule has 92 valence electrons. The molecule has 0 spiro atoms. The molecule has 1 aromatic rings. The molecule has 0 heterocycles. The fraction of sp³-hybridized carbons (Fsp3) is 0.308. The van der Waals surface area contributed by atoms with Crippen LogP contribution in [0.5, 0.6) is 0 Å². The third-order valence-electron chi connectivity index (χ3n) is 2.34. The number of nitrogens with zero attached hydrogens (tertiary/aromatic N) is 2. The third-order valence-corrected chi connectivity index (χ3v) is 2.34. The summed E-state index contributed by atoms with van der Waals surface area (Å²) in [5, 5.41) is 22.7. The second-order valence-electron chi connectivity index (χ2n) is 4.14. The molecule has 1 aromatic carbocycles. The lowest BCUT2D eigenvalue weighted by molar-refractivity contribution is 0.248. The van der Waals surface area contributed by atoms with E-state index >= 15 is 0 Å². The number of nitrogens with one attached hydrogen (secondary N) is 2. The SMILES string of the molecule is CC(C)C(C#N)NC(=O)Nc1cccc(C#N)c1. The fourth-order valence-electron chi connectivity index (χ4n) is 1.32. The first-order valence-corrected chi connectivity index (χ1v) is 5.54. The molecule has 18 heavy (non-hydrogen) atoms. The van der Waals surface area contributed by atoms with Crippen molar-refractivity contribution in [3.05, 3.63) is 29.8 Å². The van der Waals surface area contributed by atoms with Crippen LogP contribution < -0.4 is 10.6 Å². The van der Waals surface area contributed by atoms with E-state index in [1.165, 1.54) is 0 Å². The van der Waals surface area contributed by atoms with E-state index in [1.807, 2.05) is 26.0 Å². The summed E-state index contributed by atoms with van der Waals surface area (Å²) in [5.41, 5.74) is 0.987. The van der Waals surface area contributed by atoms with E-state index < -0.39 is 12.1 Å². The predicted octanol–water partition coefficient (Wildman–Crippen LogP) is 2.23. The quantitative estimate of drug-likeness (QED) is 0.851. The van der Waals surface area contributed by atoms with Crippen molar-refractivity contribution in [3.8, 4) is 12.1 Å². The van der Waals surface area contributed by atoms with E-state index in [9.17, 15) is 4.79 Å². The summed E-state index contributed by atoms with van der Waals surface area (Å²) in [5.74, 6) is 0.0335. The Kier molecular flexibility index (Phi) is 4.71. The summed E-state index contributed by atoms with van der Waals surface area (Å²) in [6, 6.07) is 9.58. The van der Waals surface area contributed by atoms with Gasteiger partial charge in [-0.1, -0.05) is 19.9 Å². The zero-order valence-corrected chi connectivity index (χ0v) is 10.3. The lowest BCUT2D eigenvalue weighted by Crippen LogP contribution is -2.40. The monoisotopic (exact) mass is 242 g/mol. The van der Waals surface area contributed by atoms with Gasteiger partial charge in [0.2, 0.25) is 0 Å². The number of carbonyl (C=O) groups is 1. The maximum absolute atomic E-state index is 11.6. The lowest BCUT2D eigenvalue weighted by Gasteiger charge is -2.15. The number of rotatable bonds is 3. The van der Waals surface area contributed by atoms with Gasteiger partial charge in [0, 0.05) is 5.69 Å². The molecule has 1 rings (SSSR count). The normalized spacial score (nSPS) is 11.2. The Morgan fingerprint density at radius 3 is 2.61 bits per heavy atom. The first-order chi connectivity index (χ1) is 8.56. The summed E-state index contributed by atoms with van der Waals surface area (Å²) in [6.45, 7) is 3.70. The van der Waals surface area contributed by atoms with Crippen molar-refractivity contribution in [2.75, 3.05) is 5.32 Å². The average Bonchev–Trinajstić information content (AvgIpc) is 2.35. The highest BCUT2D eigenvalue weighted by atomic mass is 16.2. The van der Waals surface area contributed by atoms with Crippen LogP contribution in [0.1, 0.15) is 19.4 Å². The lowest BCUT2D eigenvalue weighted by atomic mass is 10.1. The highest BCUT2D eigenvalue weighted by Crippen LogP contribution is 2.09. The number of hydrogen-bond acceptors (Lipinski definition) is 3. The highest BCUT2D eigenvalue weighted by molar-refractivity contribution is 5.89. The van der Waals surface area contributed by atoms with E-state index in [0.717, 1.165) is 0 Å². The molecule has 0 aliphatic heterocycles. The highest BCUT2D eigenvalue weighted by Gasteiger charge is 2.14. The number of carbonyl (C=O) groups excluding carboxylic acids is 1. The van der Waals surface area contributed by atoms with Crippen LogP contribution in [0.4, 0.5) is 10.5 Å². The van der Waals surface area contributed by atoms with Crippen molar-refractivity contribution in [3.63, 3.8) is 0 Å². The largest absolute Gasteiger partial charge is 0.322 e. The minimum absolute atomic E-state index is 0.0335. The number of urea groups is 1. The van der Waals surface area contributed by atoms with Gasteiger partial charge >= 0.3 is 6.03 Å². The van der Waals surface area contributed by atoms with Gasteiger partial charge in [0.05, 0.1) is 17.7 Å². The van der Waals surface area contributed by atoms with E-state index in [1.54, 1.807) is 24.3 Å².